The summed E-state index contributed by atoms with van der Waals surface area (Å²) in [7, 11) is 0. The molecule has 3 aromatic rings. The highest BCUT2D eigenvalue weighted by Crippen LogP contribution is 2.22. The number of pyridine rings is 1. The van der Waals surface area contributed by atoms with E-state index in [9.17, 15) is 0 Å². The van der Waals surface area contributed by atoms with Gasteiger partial charge < -0.3 is 15.4 Å². The maximum atomic E-state index is 6.06. The molecule has 7 nitrogen and oxygen atoms in total. The molecule has 0 aliphatic rings. The van der Waals surface area contributed by atoms with Crippen LogP contribution < -0.4 is 15.4 Å². The van der Waals surface area contributed by atoms with Gasteiger partial charge in [-0.15, -0.1) is 10.2 Å². The number of nitrogens with one attached hydrogen (secondary N) is 2. The molecule has 7 heteroatoms. The third-order valence-electron chi connectivity index (χ3n) is 4.95. The van der Waals surface area contributed by atoms with Crippen LogP contribution in [0.2, 0.25) is 0 Å². The number of aryl methyl sites for hydroxylation is 1. The fraction of sp³-hybridized carbons (Fsp3) is 0.458. The molecule has 0 fully saturated rings. The molecule has 2 N–H and O–H groups in total. The van der Waals surface area contributed by atoms with Gasteiger partial charge in [-0.3, -0.25) is 4.40 Å². The molecular weight excluding hydrogens is 388 g/mol. The van der Waals surface area contributed by atoms with Crippen molar-refractivity contribution < 1.29 is 4.74 Å². The molecule has 1 aromatic carbocycles. The average molecular weight is 423 g/mol. The van der Waals surface area contributed by atoms with Crippen molar-refractivity contribution in [3.05, 3.63) is 59.5 Å². The number of ether oxygens (including phenoxy) is 1. The van der Waals surface area contributed by atoms with Crippen molar-refractivity contribution in [2.24, 2.45) is 10.9 Å². The third-order valence-corrected chi connectivity index (χ3v) is 4.95. The van der Waals surface area contributed by atoms with Crippen LogP contribution in [0.5, 0.6) is 5.75 Å². The predicted octanol–water partition coefficient (Wildman–Crippen LogP) is 3.76. The zero-order chi connectivity index (χ0) is 22.1. The first-order valence-electron chi connectivity index (χ1n) is 11.1. The molecule has 0 spiro atoms. The van der Waals surface area contributed by atoms with E-state index >= 15 is 0 Å². The molecule has 2 aromatic heterocycles. The van der Waals surface area contributed by atoms with Crippen molar-refractivity contribution in [2.45, 2.75) is 47.1 Å². The van der Waals surface area contributed by atoms with Gasteiger partial charge in [-0.1, -0.05) is 32.0 Å². The Hall–Kier alpha value is -3.09. The van der Waals surface area contributed by atoms with E-state index in [0.717, 1.165) is 54.7 Å². The molecule has 0 aliphatic heterocycles. The molecule has 0 saturated heterocycles. The highest BCUT2D eigenvalue weighted by molar-refractivity contribution is 5.79. The van der Waals surface area contributed by atoms with Crippen LogP contribution in [0.15, 0.2) is 47.6 Å². The Morgan fingerprint density at radius 1 is 1.16 bits per heavy atom. The van der Waals surface area contributed by atoms with Gasteiger partial charge in [0.25, 0.3) is 0 Å². The summed E-state index contributed by atoms with van der Waals surface area (Å²) in [6, 6.07) is 12.2. The molecule has 2 heterocycles. The van der Waals surface area contributed by atoms with Crippen molar-refractivity contribution in [2.75, 3.05) is 19.7 Å². The predicted molar refractivity (Wildman–Crippen MR) is 126 cm³/mol. The average Bonchev–Trinajstić information content (AvgIpc) is 3.16. The van der Waals surface area contributed by atoms with Crippen LogP contribution in [0.4, 0.5) is 0 Å². The number of rotatable bonds is 10. The Morgan fingerprint density at radius 3 is 2.84 bits per heavy atom. The number of benzene rings is 1. The Kier molecular flexibility index (Phi) is 8.27. The highest BCUT2D eigenvalue weighted by Gasteiger charge is 2.07. The Morgan fingerprint density at radius 2 is 2.03 bits per heavy atom. The molecule has 0 amide bonds. The molecule has 0 aliphatic carbocycles. The maximum Gasteiger partial charge on any atom is 0.191 e. The number of aromatic nitrogens is 3. The molecule has 3 rings (SSSR count). The number of guanidine groups is 1. The Balaban J connectivity index is 1.61. The topological polar surface area (TPSA) is 75.8 Å². The second kappa shape index (κ2) is 11.3. The van der Waals surface area contributed by atoms with E-state index in [2.05, 4.69) is 66.7 Å². The van der Waals surface area contributed by atoms with Crippen molar-refractivity contribution >= 4 is 11.6 Å². The fourth-order valence-corrected chi connectivity index (χ4v) is 3.19. The zero-order valence-electron chi connectivity index (χ0n) is 19.1. The monoisotopic (exact) mass is 422 g/mol. The molecule has 0 atom stereocenters. The first-order valence-corrected chi connectivity index (χ1v) is 11.1. The van der Waals surface area contributed by atoms with Crippen molar-refractivity contribution in [3.8, 4) is 5.75 Å². The van der Waals surface area contributed by atoms with Gasteiger partial charge in [-0.25, -0.2) is 4.99 Å². The van der Waals surface area contributed by atoms with Crippen LogP contribution in [0, 0.1) is 12.8 Å². The van der Waals surface area contributed by atoms with E-state index < -0.39 is 0 Å². The Labute approximate surface area is 185 Å². The third kappa shape index (κ3) is 6.70. The minimum Gasteiger partial charge on any atom is -0.493 e. The molecule has 0 bridgehead atoms. The molecular formula is C24H34N6O. The van der Waals surface area contributed by atoms with Crippen LogP contribution in [-0.2, 0) is 13.0 Å². The van der Waals surface area contributed by atoms with Gasteiger partial charge in [0.15, 0.2) is 11.6 Å². The highest BCUT2D eigenvalue weighted by atomic mass is 16.5. The lowest BCUT2D eigenvalue weighted by Gasteiger charge is -2.14. The summed E-state index contributed by atoms with van der Waals surface area (Å²) >= 11 is 0. The van der Waals surface area contributed by atoms with E-state index in [1.807, 2.05) is 28.8 Å². The SMILES string of the molecule is CCNC(=NCc1ccc(C)cc1OCCC(C)C)NCCc1nnc2ccccn12. The first kappa shape index (κ1) is 22.6. The first-order chi connectivity index (χ1) is 15.1. The van der Waals surface area contributed by atoms with Crippen LogP contribution in [-0.4, -0.2) is 40.3 Å². The van der Waals surface area contributed by atoms with E-state index in [1.54, 1.807) is 0 Å². The Bertz CT molecular complexity index is 995. The summed E-state index contributed by atoms with van der Waals surface area (Å²) in [5.74, 6) is 3.26. The lowest BCUT2D eigenvalue weighted by Crippen LogP contribution is -2.38. The molecule has 31 heavy (non-hydrogen) atoms. The van der Waals surface area contributed by atoms with E-state index in [1.165, 1.54) is 5.56 Å². The summed E-state index contributed by atoms with van der Waals surface area (Å²) in [5, 5.41) is 15.2. The lowest BCUT2D eigenvalue weighted by atomic mass is 10.1. The summed E-state index contributed by atoms with van der Waals surface area (Å²) in [4.78, 5) is 4.77. The number of fused-ring (bicyclic) bond motifs is 1. The number of nitrogens with zero attached hydrogens (tertiary/aromatic N) is 4. The van der Waals surface area contributed by atoms with Gasteiger partial charge in [-0.2, -0.15) is 0 Å². The fourth-order valence-electron chi connectivity index (χ4n) is 3.19. The van der Waals surface area contributed by atoms with Crippen LogP contribution in [0.1, 0.15) is 44.1 Å². The maximum absolute atomic E-state index is 6.06. The minimum atomic E-state index is 0.556. The van der Waals surface area contributed by atoms with Gasteiger partial charge in [0.2, 0.25) is 0 Å². The van der Waals surface area contributed by atoms with Crippen LogP contribution in [0.25, 0.3) is 5.65 Å². The quantitative estimate of drug-likeness (QED) is 0.384. The van der Waals surface area contributed by atoms with Gasteiger partial charge in [0, 0.05) is 31.3 Å². The second-order valence-corrected chi connectivity index (χ2v) is 8.06. The molecule has 0 saturated carbocycles. The normalized spacial score (nSPS) is 11.8. The van der Waals surface area contributed by atoms with Crippen LogP contribution in [0.3, 0.4) is 0 Å². The zero-order valence-corrected chi connectivity index (χ0v) is 19.1. The summed E-state index contributed by atoms with van der Waals surface area (Å²) in [6.07, 6.45) is 3.78. The van der Waals surface area contributed by atoms with E-state index in [4.69, 9.17) is 9.73 Å². The van der Waals surface area contributed by atoms with Crippen molar-refractivity contribution in [1.29, 1.82) is 0 Å². The van der Waals surface area contributed by atoms with E-state index in [-0.39, 0.29) is 0 Å². The van der Waals surface area contributed by atoms with Gasteiger partial charge >= 0.3 is 0 Å². The summed E-state index contributed by atoms with van der Waals surface area (Å²) in [5.41, 5.74) is 3.15. The molecule has 166 valence electrons. The standard InChI is InChI=1S/C24H34N6O/c1-5-25-24(26-13-11-23-29-28-22-8-6-7-14-30(22)23)27-17-20-10-9-19(4)16-21(20)31-15-12-18(2)3/h6-10,14,16,18H,5,11-13,15,17H2,1-4H3,(H2,25,26,27). The largest absolute Gasteiger partial charge is 0.493 e. The number of hydrogen-bond donors (Lipinski definition) is 2. The van der Waals surface area contributed by atoms with Crippen molar-refractivity contribution in [1.82, 2.24) is 25.2 Å². The van der Waals surface area contributed by atoms with Gasteiger partial charge in [-0.05, 0) is 49.9 Å². The summed E-state index contributed by atoms with van der Waals surface area (Å²) in [6.45, 7) is 11.4. The van der Waals surface area contributed by atoms with Crippen molar-refractivity contribution in [3.63, 3.8) is 0 Å². The molecule has 0 radical (unpaired) electrons. The number of hydrogen-bond acceptors (Lipinski definition) is 4. The lowest BCUT2D eigenvalue weighted by molar-refractivity contribution is 0.287. The second-order valence-electron chi connectivity index (χ2n) is 8.06. The smallest absolute Gasteiger partial charge is 0.191 e. The van der Waals surface area contributed by atoms with Crippen LogP contribution >= 0.6 is 0 Å². The number of aliphatic imine (C=N–C) groups is 1. The summed E-state index contributed by atoms with van der Waals surface area (Å²) < 4.78 is 8.08. The van der Waals surface area contributed by atoms with Gasteiger partial charge in [0.05, 0.1) is 13.2 Å². The minimum absolute atomic E-state index is 0.556. The van der Waals surface area contributed by atoms with E-state index in [0.29, 0.717) is 19.0 Å². The van der Waals surface area contributed by atoms with Gasteiger partial charge in [0.1, 0.15) is 11.6 Å². The molecule has 0 unspecified atom stereocenters.